The van der Waals surface area contributed by atoms with Crippen LogP contribution in [0.1, 0.15) is 23.7 Å². The van der Waals surface area contributed by atoms with E-state index in [4.69, 9.17) is 9.52 Å². The van der Waals surface area contributed by atoms with Gasteiger partial charge < -0.3 is 14.1 Å². The SMILES string of the molecule is CCC[S+]([O-])c1ccc2c(=O)c3cc(C(=O)O)ccc3oc2c1. The highest BCUT2D eigenvalue weighted by Gasteiger charge is 2.15. The van der Waals surface area contributed by atoms with Crippen molar-refractivity contribution in [1.82, 2.24) is 0 Å². The fourth-order valence-electron chi connectivity index (χ4n) is 2.41. The Balaban J connectivity index is 2.23. The first kappa shape index (κ1) is 15.6. The minimum atomic E-state index is -1.13. The van der Waals surface area contributed by atoms with Crippen LogP contribution in [0, 0.1) is 0 Å². The van der Waals surface area contributed by atoms with Gasteiger partial charge in [-0.05, 0) is 47.9 Å². The van der Waals surface area contributed by atoms with E-state index in [0.29, 0.717) is 27.2 Å². The van der Waals surface area contributed by atoms with Gasteiger partial charge in [-0.25, -0.2) is 4.79 Å². The maximum Gasteiger partial charge on any atom is 0.335 e. The molecule has 0 radical (unpaired) electrons. The molecule has 0 aliphatic heterocycles. The second kappa shape index (κ2) is 6.06. The monoisotopic (exact) mass is 330 g/mol. The van der Waals surface area contributed by atoms with Crippen molar-refractivity contribution in [3.63, 3.8) is 0 Å². The van der Waals surface area contributed by atoms with Crippen LogP contribution < -0.4 is 5.43 Å². The third-order valence-electron chi connectivity index (χ3n) is 3.54. The van der Waals surface area contributed by atoms with Gasteiger partial charge in [0.05, 0.1) is 16.3 Å². The van der Waals surface area contributed by atoms with Crippen molar-refractivity contribution in [2.24, 2.45) is 0 Å². The molecule has 5 nitrogen and oxygen atoms in total. The fraction of sp³-hybridized carbons (Fsp3) is 0.176. The van der Waals surface area contributed by atoms with E-state index >= 15 is 0 Å². The molecule has 0 aliphatic carbocycles. The molecule has 1 atom stereocenters. The van der Waals surface area contributed by atoms with Gasteiger partial charge >= 0.3 is 5.97 Å². The first-order chi connectivity index (χ1) is 11.0. The summed E-state index contributed by atoms with van der Waals surface area (Å²) in [6, 6.07) is 9.02. The van der Waals surface area contributed by atoms with E-state index < -0.39 is 17.1 Å². The van der Waals surface area contributed by atoms with E-state index in [0.717, 1.165) is 6.42 Å². The lowest BCUT2D eigenvalue weighted by Gasteiger charge is -2.09. The molecule has 23 heavy (non-hydrogen) atoms. The van der Waals surface area contributed by atoms with Crippen molar-refractivity contribution < 1.29 is 18.9 Å². The number of benzene rings is 2. The van der Waals surface area contributed by atoms with Gasteiger partial charge in [-0.3, -0.25) is 4.79 Å². The summed E-state index contributed by atoms with van der Waals surface area (Å²) in [5.74, 6) is -0.553. The number of fused-ring (bicyclic) bond motifs is 2. The molecule has 1 aromatic heterocycles. The van der Waals surface area contributed by atoms with Gasteiger partial charge in [-0.2, -0.15) is 0 Å². The largest absolute Gasteiger partial charge is 0.611 e. The zero-order chi connectivity index (χ0) is 16.6. The minimum Gasteiger partial charge on any atom is -0.611 e. The van der Waals surface area contributed by atoms with Gasteiger partial charge in [0.15, 0.2) is 4.90 Å². The average Bonchev–Trinajstić information content (AvgIpc) is 2.54. The summed E-state index contributed by atoms with van der Waals surface area (Å²) in [5, 5.41) is 9.60. The van der Waals surface area contributed by atoms with E-state index in [1.807, 2.05) is 6.92 Å². The molecule has 3 rings (SSSR count). The first-order valence-corrected chi connectivity index (χ1v) is 8.45. The van der Waals surface area contributed by atoms with Crippen molar-refractivity contribution >= 4 is 39.1 Å². The Hall–Kier alpha value is -2.31. The lowest BCUT2D eigenvalue weighted by Crippen LogP contribution is -2.08. The number of aromatic carboxylic acids is 1. The number of carboxylic acids is 1. The highest BCUT2D eigenvalue weighted by atomic mass is 32.2. The molecular formula is C17H14O5S. The zero-order valence-electron chi connectivity index (χ0n) is 12.4. The maximum absolute atomic E-state index is 12.5. The Kier molecular flexibility index (Phi) is 4.11. The maximum atomic E-state index is 12.5. The normalized spacial score (nSPS) is 12.6. The topological polar surface area (TPSA) is 90.6 Å². The summed E-state index contributed by atoms with van der Waals surface area (Å²) >= 11 is -1.13. The quantitative estimate of drug-likeness (QED) is 0.586. The molecule has 0 bridgehead atoms. The van der Waals surface area contributed by atoms with Crippen LogP contribution in [0.5, 0.6) is 0 Å². The van der Waals surface area contributed by atoms with Gasteiger partial charge in [0.1, 0.15) is 16.9 Å². The molecule has 0 saturated carbocycles. The Bertz CT molecular complexity index is 960. The zero-order valence-corrected chi connectivity index (χ0v) is 13.2. The first-order valence-electron chi connectivity index (χ1n) is 7.13. The van der Waals surface area contributed by atoms with Crippen molar-refractivity contribution in [3.8, 4) is 0 Å². The molecule has 1 unspecified atom stereocenters. The number of carbonyl (C=O) groups is 1. The summed E-state index contributed by atoms with van der Waals surface area (Å²) in [6.07, 6.45) is 0.796. The second-order valence-corrected chi connectivity index (χ2v) is 6.73. The smallest absolute Gasteiger partial charge is 0.335 e. The summed E-state index contributed by atoms with van der Waals surface area (Å²) in [7, 11) is 0. The number of hydrogen-bond donors (Lipinski definition) is 1. The van der Waals surface area contributed by atoms with E-state index in [1.165, 1.54) is 18.2 Å². The van der Waals surface area contributed by atoms with E-state index in [2.05, 4.69) is 0 Å². The minimum absolute atomic E-state index is 0.0322. The van der Waals surface area contributed by atoms with Crippen LogP contribution in [0.3, 0.4) is 0 Å². The number of carboxylic acid groups (broad SMARTS) is 1. The van der Waals surface area contributed by atoms with Crippen LogP contribution in [0.15, 0.2) is 50.5 Å². The van der Waals surface area contributed by atoms with Crippen LogP contribution in [0.25, 0.3) is 21.9 Å². The molecule has 118 valence electrons. The third-order valence-corrected chi connectivity index (χ3v) is 5.10. The molecule has 2 aromatic carbocycles. The third kappa shape index (κ3) is 2.83. The van der Waals surface area contributed by atoms with Gasteiger partial charge in [0, 0.05) is 6.07 Å². The average molecular weight is 330 g/mol. The molecule has 0 saturated heterocycles. The molecule has 6 heteroatoms. The van der Waals surface area contributed by atoms with Crippen LogP contribution >= 0.6 is 0 Å². The number of rotatable bonds is 4. The van der Waals surface area contributed by atoms with Crippen molar-refractivity contribution in [2.45, 2.75) is 18.2 Å². The highest BCUT2D eigenvalue weighted by Crippen LogP contribution is 2.23. The highest BCUT2D eigenvalue weighted by molar-refractivity contribution is 7.91. The predicted octanol–water partition coefficient (Wildman–Crippen LogP) is 3.16. The molecule has 1 N–H and O–H groups in total. The Labute approximate surface area is 134 Å². The number of hydrogen-bond acceptors (Lipinski definition) is 4. The lowest BCUT2D eigenvalue weighted by atomic mass is 10.1. The van der Waals surface area contributed by atoms with Crippen molar-refractivity contribution in [2.75, 3.05) is 5.75 Å². The van der Waals surface area contributed by atoms with Crippen LogP contribution in [-0.2, 0) is 11.2 Å². The summed E-state index contributed by atoms with van der Waals surface area (Å²) in [6.45, 7) is 1.95. The van der Waals surface area contributed by atoms with Crippen molar-refractivity contribution in [3.05, 3.63) is 52.2 Å². The van der Waals surface area contributed by atoms with Crippen LogP contribution in [0.4, 0.5) is 0 Å². The molecule has 0 aliphatic rings. The van der Waals surface area contributed by atoms with Gasteiger partial charge in [0.25, 0.3) is 0 Å². The molecule has 0 amide bonds. The molecule has 0 spiro atoms. The van der Waals surface area contributed by atoms with Crippen LogP contribution in [-0.4, -0.2) is 21.4 Å². The molecule has 0 fully saturated rings. The van der Waals surface area contributed by atoms with E-state index in [9.17, 15) is 14.1 Å². The van der Waals surface area contributed by atoms with Gasteiger partial charge in [-0.15, -0.1) is 0 Å². The standard InChI is InChI=1S/C17H14O5S/c1-2-7-23(21)11-4-5-12-15(9-11)22-14-6-3-10(17(19)20)8-13(14)16(12)18/h3-6,8-9H,2,7H2,1H3,(H,19,20). The Morgan fingerprint density at radius 3 is 2.65 bits per heavy atom. The lowest BCUT2D eigenvalue weighted by molar-refractivity contribution is 0.0697. The summed E-state index contributed by atoms with van der Waals surface area (Å²) in [5.41, 5.74) is 0.403. The Morgan fingerprint density at radius 1 is 1.17 bits per heavy atom. The fourth-order valence-corrected chi connectivity index (χ4v) is 3.48. The van der Waals surface area contributed by atoms with Gasteiger partial charge in [0.2, 0.25) is 5.43 Å². The second-order valence-electron chi connectivity index (χ2n) is 5.15. The van der Waals surface area contributed by atoms with E-state index in [1.54, 1.807) is 18.2 Å². The van der Waals surface area contributed by atoms with Crippen molar-refractivity contribution in [1.29, 1.82) is 0 Å². The van der Waals surface area contributed by atoms with Gasteiger partial charge in [-0.1, -0.05) is 6.92 Å². The molecule has 3 aromatic rings. The predicted molar refractivity (Wildman–Crippen MR) is 88.5 cm³/mol. The summed E-state index contributed by atoms with van der Waals surface area (Å²) in [4.78, 5) is 24.2. The van der Waals surface area contributed by atoms with Crippen LogP contribution in [0.2, 0.25) is 0 Å². The molecule has 1 heterocycles. The summed E-state index contributed by atoms with van der Waals surface area (Å²) < 4.78 is 17.8. The van der Waals surface area contributed by atoms with E-state index in [-0.39, 0.29) is 16.4 Å². The molecular weight excluding hydrogens is 316 g/mol. The Morgan fingerprint density at radius 2 is 1.96 bits per heavy atom.